The molecule has 0 aliphatic rings. The van der Waals surface area contributed by atoms with E-state index >= 15 is 0 Å². The highest BCUT2D eigenvalue weighted by atomic mass is 16.6. The van der Waals surface area contributed by atoms with Crippen LogP contribution in [0.4, 0.5) is 0 Å². The lowest BCUT2D eigenvalue weighted by atomic mass is 9.94. The van der Waals surface area contributed by atoms with E-state index in [1.165, 1.54) is 103 Å². The predicted molar refractivity (Wildman–Crippen MR) is 185 cm³/mol. The monoisotopic (exact) mass is 610 g/mol. The molecular formula is C38H75NO4. The van der Waals surface area contributed by atoms with Crippen LogP contribution in [0, 0.1) is 5.92 Å². The first-order chi connectivity index (χ1) is 20.9. The summed E-state index contributed by atoms with van der Waals surface area (Å²) >= 11 is 0. The molecule has 0 aromatic heterocycles. The van der Waals surface area contributed by atoms with Crippen molar-refractivity contribution in [3.8, 4) is 0 Å². The molecular weight excluding hydrogens is 534 g/mol. The molecule has 0 fully saturated rings. The maximum absolute atomic E-state index is 13.3. The van der Waals surface area contributed by atoms with E-state index in [0.717, 1.165) is 70.8 Å². The number of hydrogen-bond acceptors (Lipinski definition) is 5. The van der Waals surface area contributed by atoms with E-state index in [-0.39, 0.29) is 30.6 Å². The van der Waals surface area contributed by atoms with Crippen LogP contribution in [0.15, 0.2) is 0 Å². The van der Waals surface area contributed by atoms with Crippen molar-refractivity contribution in [2.75, 3.05) is 27.2 Å². The first-order valence-electron chi connectivity index (χ1n) is 18.9. The van der Waals surface area contributed by atoms with Crippen LogP contribution in [0.3, 0.4) is 0 Å². The van der Waals surface area contributed by atoms with E-state index < -0.39 is 0 Å². The number of hydrogen-bond donors (Lipinski definition) is 0. The van der Waals surface area contributed by atoms with Crippen molar-refractivity contribution < 1.29 is 19.1 Å². The first kappa shape index (κ1) is 41.9. The second kappa shape index (κ2) is 32.3. The summed E-state index contributed by atoms with van der Waals surface area (Å²) in [7, 11) is 4.16. The Hall–Kier alpha value is -1.10. The van der Waals surface area contributed by atoms with Gasteiger partial charge in [-0.3, -0.25) is 9.59 Å². The van der Waals surface area contributed by atoms with Crippen molar-refractivity contribution in [1.82, 2.24) is 4.90 Å². The summed E-state index contributed by atoms with van der Waals surface area (Å²) in [6.07, 6.45) is 30.6. The summed E-state index contributed by atoms with van der Waals surface area (Å²) in [5, 5.41) is 0. The molecule has 5 nitrogen and oxygen atoms in total. The maximum Gasteiger partial charge on any atom is 0.309 e. The lowest BCUT2D eigenvalue weighted by molar-refractivity contribution is -0.162. The minimum Gasteiger partial charge on any atom is -0.462 e. The van der Waals surface area contributed by atoms with Gasteiger partial charge in [0.2, 0.25) is 0 Å². The summed E-state index contributed by atoms with van der Waals surface area (Å²) in [4.78, 5) is 28.2. The highest BCUT2D eigenvalue weighted by molar-refractivity contribution is 5.72. The molecule has 5 heteroatoms. The van der Waals surface area contributed by atoms with Gasteiger partial charge in [0.25, 0.3) is 0 Å². The summed E-state index contributed by atoms with van der Waals surface area (Å²) in [5.41, 5.74) is 0. The van der Waals surface area contributed by atoms with Crippen LogP contribution in [-0.2, 0) is 19.1 Å². The number of esters is 2. The van der Waals surface area contributed by atoms with Crippen molar-refractivity contribution in [1.29, 1.82) is 0 Å². The number of carbonyl (C=O) groups excluding carboxylic acids is 2. The van der Waals surface area contributed by atoms with Gasteiger partial charge >= 0.3 is 11.9 Å². The molecule has 0 aliphatic heterocycles. The molecule has 0 saturated heterocycles. The van der Waals surface area contributed by atoms with E-state index in [2.05, 4.69) is 39.8 Å². The van der Waals surface area contributed by atoms with Crippen LogP contribution >= 0.6 is 0 Å². The fourth-order valence-electron chi connectivity index (χ4n) is 5.82. The summed E-state index contributed by atoms with van der Waals surface area (Å²) in [5.74, 6) is -0.225. The van der Waals surface area contributed by atoms with E-state index in [1.807, 2.05) is 0 Å². The summed E-state index contributed by atoms with van der Waals surface area (Å²) < 4.78 is 11.8. The van der Waals surface area contributed by atoms with Crippen LogP contribution in [0.2, 0.25) is 0 Å². The average molecular weight is 610 g/mol. The van der Waals surface area contributed by atoms with Gasteiger partial charge in [-0.25, -0.2) is 0 Å². The van der Waals surface area contributed by atoms with Crippen molar-refractivity contribution in [3.05, 3.63) is 0 Å². The Balaban J connectivity index is 4.83. The molecule has 0 bridgehead atoms. The Kier molecular flexibility index (Phi) is 31.5. The third kappa shape index (κ3) is 29.4. The second-order valence-electron chi connectivity index (χ2n) is 13.4. The van der Waals surface area contributed by atoms with Gasteiger partial charge in [-0.15, -0.1) is 0 Å². The highest BCUT2D eigenvalue weighted by Crippen LogP contribution is 2.22. The van der Waals surface area contributed by atoms with Crippen LogP contribution < -0.4 is 0 Å². The van der Waals surface area contributed by atoms with Crippen molar-refractivity contribution in [3.63, 3.8) is 0 Å². The molecule has 0 radical (unpaired) electrons. The molecule has 0 amide bonds. The standard InChI is InChI=1S/C38H75NO4/c1-6-9-12-15-17-19-22-26-31-36(43-37(40)32-27-23-28-33-39(4)5)34-42-38(41)35(29-24-20-14-11-8-3)30-25-21-18-16-13-10-7-2/h35-36H,6-34H2,1-5H3. The Morgan fingerprint density at radius 3 is 1.42 bits per heavy atom. The molecule has 0 aliphatic carbocycles. The highest BCUT2D eigenvalue weighted by Gasteiger charge is 2.22. The molecule has 256 valence electrons. The number of ether oxygens (including phenoxy) is 2. The third-order valence-corrected chi connectivity index (χ3v) is 8.72. The molecule has 0 N–H and O–H groups in total. The zero-order valence-corrected chi connectivity index (χ0v) is 29.7. The third-order valence-electron chi connectivity index (χ3n) is 8.72. The Labute approximate surface area is 269 Å². The second-order valence-corrected chi connectivity index (χ2v) is 13.4. The molecule has 0 aromatic rings. The Bertz CT molecular complexity index is 609. The SMILES string of the molecule is CCCCCCCCCCC(COC(=O)C(CCCCCCC)CCCCCCCCC)OC(=O)CCCCCN(C)C. The molecule has 43 heavy (non-hydrogen) atoms. The number of unbranched alkanes of at least 4 members (excludes halogenated alkanes) is 19. The van der Waals surface area contributed by atoms with Gasteiger partial charge in [-0.05, 0) is 59.2 Å². The first-order valence-corrected chi connectivity index (χ1v) is 18.9. The molecule has 0 spiro atoms. The smallest absolute Gasteiger partial charge is 0.309 e. The van der Waals surface area contributed by atoms with E-state index in [9.17, 15) is 9.59 Å². The fourth-order valence-corrected chi connectivity index (χ4v) is 5.82. The molecule has 0 aromatic carbocycles. The Morgan fingerprint density at radius 1 is 0.535 bits per heavy atom. The zero-order valence-electron chi connectivity index (χ0n) is 29.7. The number of carbonyl (C=O) groups is 2. The van der Waals surface area contributed by atoms with Gasteiger partial charge in [0.05, 0.1) is 5.92 Å². The number of nitrogens with zero attached hydrogens (tertiary/aromatic N) is 1. The predicted octanol–water partition coefficient (Wildman–Crippen LogP) is 11.2. The minimum atomic E-state index is -0.318. The average Bonchev–Trinajstić information content (AvgIpc) is 2.98. The molecule has 2 unspecified atom stereocenters. The van der Waals surface area contributed by atoms with Gasteiger partial charge in [-0.1, -0.05) is 149 Å². The zero-order chi connectivity index (χ0) is 31.8. The van der Waals surface area contributed by atoms with E-state index in [4.69, 9.17) is 9.47 Å². The van der Waals surface area contributed by atoms with Crippen LogP contribution in [0.5, 0.6) is 0 Å². The number of rotatable bonds is 33. The lowest BCUT2D eigenvalue weighted by Gasteiger charge is -2.21. The maximum atomic E-state index is 13.3. The molecule has 0 heterocycles. The molecule has 0 saturated carbocycles. The largest absolute Gasteiger partial charge is 0.462 e. The lowest BCUT2D eigenvalue weighted by Crippen LogP contribution is -2.28. The fraction of sp³-hybridized carbons (Fsp3) is 0.947. The van der Waals surface area contributed by atoms with Gasteiger partial charge < -0.3 is 14.4 Å². The van der Waals surface area contributed by atoms with Crippen molar-refractivity contribution >= 4 is 11.9 Å². The van der Waals surface area contributed by atoms with Crippen LogP contribution in [0.1, 0.15) is 194 Å². The van der Waals surface area contributed by atoms with E-state index in [1.54, 1.807) is 0 Å². The Morgan fingerprint density at radius 2 is 0.953 bits per heavy atom. The normalized spacial score (nSPS) is 12.9. The molecule has 2 atom stereocenters. The topological polar surface area (TPSA) is 55.8 Å². The van der Waals surface area contributed by atoms with Gasteiger partial charge in [-0.2, -0.15) is 0 Å². The van der Waals surface area contributed by atoms with Gasteiger partial charge in [0.1, 0.15) is 12.7 Å². The summed E-state index contributed by atoms with van der Waals surface area (Å²) in [6, 6.07) is 0. The van der Waals surface area contributed by atoms with Crippen LogP contribution in [0.25, 0.3) is 0 Å². The van der Waals surface area contributed by atoms with Gasteiger partial charge in [0.15, 0.2) is 0 Å². The summed E-state index contributed by atoms with van der Waals surface area (Å²) in [6.45, 7) is 8.01. The minimum absolute atomic E-state index is 0.0200. The van der Waals surface area contributed by atoms with Crippen molar-refractivity contribution in [2.45, 2.75) is 200 Å². The quantitative estimate of drug-likeness (QED) is 0.0547. The molecule has 0 rings (SSSR count). The van der Waals surface area contributed by atoms with E-state index in [0.29, 0.717) is 6.42 Å². The van der Waals surface area contributed by atoms with Crippen molar-refractivity contribution in [2.24, 2.45) is 5.92 Å². The van der Waals surface area contributed by atoms with Gasteiger partial charge in [0, 0.05) is 6.42 Å². The van der Waals surface area contributed by atoms with Crippen LogP contribution in [-0.4, -0.2) is 50.2 Å².